The van der Waals surface area contributed by atoms with Gasteiger partial charge in [-0.15, -0.1) is 0 Å². The van der Waals surface area contributed by atoms with Crippen LogP contribution in [0.2, 0.25) is 0 Å². The molecule has 0 aromatic heterocycles. The lowest BCUT2D eigenvalue weighted by Crippen LogP contribution is -1.77. The molecule has 0 saturated carbocycles. The van der Waals surface area contributed by atoms with Crippen LogP contribution in [0.15, 0.2) is 5.28 Å². The Morgan fingerprint density at radius 2 is 2.67 bits per heavy atom. The molecule has 0 aliphatic carbocycles. The minimum Gasteiger partial charge on any atom is -0.406 e. The van der Waals surface area contributed by atoms with Crippen LogP contribution in [0.1, 0.15) is 0 Å². The zero-order valence-electron chi connectivity index (χ0n) is 2.90. The third-order valence-corrected chi connectivity index (χ3v) is 0.152. The molecule has 0 amide bonds. The fourth-order valence-electron chi connectivity index (χ4n) is 0.0516. The van der Waals surface area contributed by atoms with Gasteiger partial charge in [-0.3, -0.25) is 0 Å². The quantitative estimate of drug-likeness (QED) is 0.172. The molecular weight excluding hydrogens is 86.0 g/mol. The lowest BCUT2D eigenvalue weighted by molar-refractivity contribution is -0.00142. The van der Waals surface area contributed by atoms with Gasteiger partial charge in [0.2, 0.25) is 0 Å². The van der Waals surface area contributed by atoms with E-state index in [2.05, 4.69) is 15.0 Å². The minimum absolute atomic E-state index is 0.565. The molecule has 0 spiro atoms. The van der Waals surface area contributed by atoms with E-state index in [0.29, 0.717) is 0 Å². The highest BCUT2D eigenvalue weighted by Crippen LogP contribution is 1.67. The Labute approximate surface area is 33.7 Å². The fraction of sp³-hybridized carbons (Fsp3) is 1.00. The second kappa shape index (κ2) is 4.07. The van der Waals surface area contributed by atoms with Crippen LogP contribution in [-0.2, 0) is 4.84 Å². The molecule has 0 fully saturated rings. The predicted molar refractivity (Wildman–Crippen MR) is 17.3 cm³/mol. The topological polar surface area (TPSA) is 78.2 Å². The van der Waals surface area contributed by atoms with E-state index in [-0.39, 0.29) is 0 Å². The monoisotopic (exact) mass is 89.0 g/mol. The summed E-state index contributed by atoms with van der Waals surface area (Å²) in [4.78, 5) is 5.91. The summed E-state index contributed by atoms with van der Waals surface area (Å²) in [5.41, 5.74) is 7.42. The maximum absolute atomic E-state index is 7.71. The van der Waals surface area contributed by atoms with Crippen LogP contribution in [-0.4, -0.2) is 11.9 Å². The Morgan fingerprint density at radius 1 is 2.00 bits per heavy atom. The van der Waals surface area contributed by atoms with Gasteiger partial charge in [-0.25, -0.2) is 0 Å². The zero-order chi connectivity index (χ0) is 4.83. The van der Waals surface area contributed by atoms with Crippen molar-refractivity contribution in [2.24, 2.45) is 5.28 Å². The molecule has 0 heterocycles. The molecular formula is CH3N3O2. The highest BCUT2D eigenvalue weighted by atomic mass is 16.7. The maximum atomic E-state index is 7.71. The lowest BCUT2D eigenvalue weighted by atomic mass is 11.5. The minimum atomic E-state index is -0.565. The summed E-state index contributed by atoms with van der Waals surface area (Å²) in [5.74, 6) is 0. The van der Waals surface area contributed by atoms with E-state index < -0.39 is 6.79 Å². The van der Waals surface area contributed by atoms with Crippen LogP contribution < -0.4 is 0 Å². The van der Waals surface area contributed by atoms with E-state index in [9.17, 15) is 0 Å². The summed E-state index contributed by atoms with van der Waals surface area (Å²) in [7, 11) is 0. The number of nitrogens with zero attached hydrogens (tertiary/aromatic N) is 3. The van der Waals surface area contributed by atoms with Crippen molar-refractivity contribution >= 4 is 0 Å². The van der Waals surface area contributed by atoms with Gasteiger partial charge < -0.3 is 9.94 Å². The average molecular weight is 89.1 g/mol. The van der Waals surface area contributed by atoms with Gasteiger partial charge >= 0.3 is 0 Å². The second-order valence-corrected chi connectivity index (χ2v) is 0.429. The molecule has 0 bridgehead atoms. The van der Waals surface area contributed by atoms with E-state index >= 15 is 0 Å². The first-order chi connectivity index (χ1) is 2.91. The highest BCUT2D eigenvalue weighted by molar-refractivity contribution is 4.27. The van der Waals surface area contributed by atoms with Crippen LogP contribution in [0.3, 0.4) is 0 Å². The summed E-state index contributed by atoms with van der Waals surface area (Å²) < 4.78 is 0. The summed E-state index contributed by atoms with van der Waals surface area (Å²) in [6.07, 6.45) is 0. The van der Waals surface area contributed by atoms with Crippen molar-refractivity contribution in [2.75, 3.05) is 6.79 Å². The smallest absolute Gasteiger partial charge is 0.194 e. The summed E-state index contributed by atoms with van der Waals surface area (Å²) in [6, 6.07) is 0. The Morgan fingerprint density at radius 3 is 2.83 bits per heavy atom. The van der Waals surface area contributed by atoms with Crippen molar-refractivity contribution < 1.29 is 9.94 Å². The molecule has 0 rings (SSSR count). The Kier molecular flexibility index (Phi) is 3.44. The normalized spacial score (nSPS) is 6.17. The van der Waals surface area contributed by atoms with Gasteiger partial charge in [-0.05, 0) is 5.53 Å². The van der Waals surface area contributed by atoms with Crippen LogP contribution in [0.25, 0.3) is 10.4 Å². The first-order valence-electron chi connectivity index (χ1n) is 1.19. The molecule has 6 heavy (non-hydrogen) atoms. The maximum Gasteiger partial charge on any atom is 0.194 e. The van der Waals surface area contributed by atoms with E-state index in [4.69, 9.17) is 10.6 Å². The van der Waals surface area contributed by atoms with Crippen molar-refractivity contribution in [3.63, 3.8) is 0 Å². The first kappa shape index (κ1) is 5.07. The third kappa shape index (κ3) is 3.07. The Bertz CT molecular complexity index is 65.2. The van der Waals surface area contributed by atoms with E-state index in [0.717, 1.165) is 0 Å². The first-order valence-corrected chi connectivity index (χ1v) is 1.19. The van der Waals surface area contributed by atoms with Crippen LogP contribution in [0.4, 0.5) is 0 Å². The Balaban J connectivity index is 2.86. The van der Waals surface area contributed by atoms with Crippen LogP contribution >= 0.6 is 0 Å². The van der Waals surface area contributed by atoms with E-state index in [1.165, 1.54) is 0 Å². The van der Waals surface area contributed by atoms with Gasteiger partial charge in [0.15, 0.2) is 6.79 Å². The number of azide groups is 1. The number of rotatable bonds is 2. The van der Waals surface area contributed by atoms with Crippen LogP contribution in [0.5, 0.6) is 0 Å². The van der Waals surface area contributed by atoms with Crippen LogP contribution in [0, 0.1) is 0 Å². The zero-order valence-corrected chi connectivity index (χ0v) is 2.90. The SMILES string of the molecule is [N-]=[N+]=NOCO. The Hall–Kier alpha value is -0.930. The standard InChI is InChI=1S/CH3N3O2/c2-3-4-6-1-5/h5H,1H2. The molecule has 0 unspecified atom stereocenters. The summed E-state index contributed by atoms with van der Waals surface area (Å²) in [6.45, 7) is -0.565. The van der Waals surface area contributed by atoms with Crippen molar-refractivity contribution in [2.45, 2.75) is 0 Å². The molecule has 5 heteroatoms. The number of hydrogen-bond donors (Lipinski definition) is 1. The van der Waals surface area contributed by atoms with Gasteiger partial charge in [0.1, 0.15) is 5.28 Å². The molecule has 0 aromatic rings. The van der Waals surface area contributed by atoms with Crippen molar-refractivity contribution in [1.29, 1.82) is 0 Å². The van der Waals surface area contributed by atoms with Gasteiger partial charge in [0.05, 0.1) is 0 Å². The predicted octanol–water partition coefficient (Wildman–Crippen LogP) is 0.178. The number of aliphatic hydroxyl groups excluding tert-OH is 1. The molecule has 0 aromatic carbocycles. The summed E-state index contributed by atoms with van der Waals surface area (Å²) >= 11 is 0. The van der Waals surface area contributed by atoms with Gasteiger partial charge in [-0.2, -0.15) is 0 Å². The van der Waals surface area contributed by atoms with E-state index in [1.807, 2.05) is 0 Å². The molecule has 0 aliphatic rings. The second-order valence-electron chi connectivity index (χ2n) is 0.429. The van der Waals surface area contributed by atoms with Gasteiger partial charge in [-0.1, -0.05) is 0 Å². The lowest BCUT2D eigenvalue weighted by Gasteiger charge is -1.80. The molecule has 34 valence electrons. The average Bonchev–Trinajstić information content (AvgIpc) is 1.61. The molecule has 0 saturated heterocycles. The molecule has 1 N–H and O–H groups in total. The number of hydrogen-bond acceptors (Lipinski definition) is 3. The molecule has 0 atom stereocenters. The van der Waals surface area contributed by atoms with Crippen molar-refractivity contribution in [3.05, 3.63) is 10.4 Å². The van der Waals surface area contributed by atoms with Gasteiger partial charge in [0.25, 0.3) is 0 Å². The highest BCUT2D eigenvalue weighted by Gasteiger charge is 1.61. The third-order valence-electron chi connectivity index (χ3n) is 0.152. The van der Waals surface area contributed by atoms with Gasteiger partial charge in [0, 0.05) is 4.91 Å². The largest absolute Gasteiger partial charge is 0.406 e. The van der Waals surface area contributed by atoms with E-state index in [1.54, 1.807) is 0 Å². The molecule has 5 nitrogen and oxygen atoms in total. The van der Waals surface area contributed by atoms with Crippen molar-refractivity contribution in [3.8, 4) is 0 Å². The molecule has 0 radical (unpaired) electrons. The van der Waals surface area contributed by atoms with Crippen molar-refractivity contribution in [1.82, 2.24) is 0 Å². The fourth-order valence-corrected chi connectivity index (χ4v) is 0.0516. The molecule has 0 aliphatic heterocycles. The summed E-state index contributed by atoms with van der Waals surface area (Å²) in [5, 5.41) is 10.2. The number of aliphatic hydroxyl groups is 1.